The molecule has 3 fully saturated rings. The van der Waals surface area contributed by atoms with Crippen LogP contribution < -0.4 is 10.6 Å². The first-order valence-corrected chi connectivity index (χ1v) is 13.4. The van der Waals surface area contributed by atoms with Crippen LogP contribution in [0.5, 0.6) is 0 Å². The molecule has 2 aromatic heterocycles. The first-order valence-electron chi connectivity index (χ1n) is 12.6. The molecule has 3 aliphatic rings. The average molecular weight is 532 g/mol. The molecule has 9 nitrogen and oxygen atoms in total. The maximum Gasteiger partial charge on any atom is 0.229 e. The zero-order valence-corrected chi connectivity index (χ0v) is 21.7. The number of rotatable bonds is 8. The fourth-order valence-corrected chi connectivity index (χ4v) is 5.97. The molecule has 0 aliphatic carbocycles. The molecule has 2 aromatic rings. The molecular formula is C24H35BrN8O. The summed E-state index contributed by atoms with van der Waals surface area (Å²) in [6, 6.07) is 1.82. The third-order valence-electron chi connectivity index (χ3n) is 7.67. The lowest BCUT2D eigenvalue weighted by molar-refractivity contribution is -0.133. The number of hydrogen-bond acceptors (Lipinski definition) is 7. The zero-order chi connectivity index (χ0) is 23.7. The maximum atomic E-state index is 12.0. The molecule has 0 saturated carbocycles. The first kappa shape index (κ1) is 23.5. The fraction of sp³-hybridized carbons (Fsp3) is 0.667. The van der Waals surface area contributed by atoms with Gasteiger partial charge < -0.3 is 20.4 Å². The summed E-state index contributed by atoms with van der Waals surface area (Å²) in [6.45, 7) is 4.45. The molecule has 34 heavy (non-hydrogen) atoms. The van der Waals surface area contributed by atoms with Gasteiger partial charge in [-0.05, 0) is 74.8 Å². The Balaban J connectivity index is 1.18. The molecule has 2 atom stereocenters. The number of hydrogen-bond donors (Lipinski definition) is 2. The summed E-state index contributed by atoms with van der Waals surface area (Å²) in [6.07, 6.45) is 12.5. The van der Waals surface area contributed by atoms with Crippen molar-refractivity contribution >= 4 is 39.3 Å². The molecule has 0 spiro atoms. The number of carbonyl (C=O) groups is 1. The van der Waals surface area contributed by atoms with Crippen molar-refractivity contribution in [2.24, 2.45) is 0 Å². The Kier molecular flexibility index (Phi) is 7.06. The van der Waals surface area contributed by atoms with Gasteiger partial charge in [0, 0.05) is 50.5 Å². The average Bonchev–Trinajstić information content (AvgIpc) is 3.26. The highest BCUT2D eigenvalue weighted by atomic mass is 79.9. The summed E-state index contributed by atoms with van der Waals surface area (Å²) in [7, 11) is 2.27. The SMILES string of the molecule is Cc1nn(C2CC3CCC(C2)N3C)cc1Nc1ncc(Br)c(NCCCN2CCCCC2=O)n1. The monoisotopic (exact) mass is 530 g/mol. The Labute approximate surface area is 209 Å². The van der Waals surface area contributed by atoms with Gasteiger partial charge in [0.25, 0.3) is 0 Å². The Morgan fingerprint density at radius 1 is 1.18 bits per heavy atom. The van der Waals surface area contributed by atoms with Gasteiger partial charge >= 0.3 is 0 Å². The zero-order valence-electron chi connectivity index (χ0n) is 20.1. The summed E-state index contributed by atoms with van der Waals surface area (Å²) in [5.41, 5.74) is 1.90. The largest absolute Gasteiger partial charge is 0.369 e. The van der Waals surface area contributed by atoms with E-state index >= 15 is 0 Å². The molecule has 2 unspecified atom stereocenters. The molecule has 2 N–H and O–H groups in total. The minimum atomic E-state index is 0.282. The number of aryl methyl sites for hydroxylation is 1. The van der Waals surface area contributed by atoms with Crippen molar-refractivity contribution in [2.75, 3.05) is 37.3 Å². The fourth-order valence-electron chi connectivity index (χ4n) is 5.64. The predicted octanol–water partition coefficient (Wildman–Crippen LogP) is 4.10. The Morgan fingerprint density at radius 3 is 2.74 bits per heavy atom. The van der Waals surface area contributed by atoms with E-state index in [4.69, 9.17) is 5.10 Å². The summed E-state index contributed by atoms with van der Waals surface area (Å²) >= 11 is 3.55. The van der Waals surface area contributed by atoms with Gasteiger partial charge in [-0.2, -0.15) is 10.1 Å². The number of amides is 1. The van der Waals surface area contributed by atoms with Crippen LogP contribution in [0.1, 0.15) is 63.1 Å². The number of fused-ring (bicyclic) bond motifs is 2. The van der Waals surface area contributed by atoms with Crippen molar-refractivity contribution in [3.63, 3.8) is 0 Å². The van der Waals surface area contributed by atoms with Crippen LogP contribution in [0.25, 0.3) is 0 Å². The van der Waals surface area contributed by atoms with Gasteiger partial charge in [0.1, 0.15) is 5.82 Å². The van der Waals surface area contributed by atoms with E-state index in [1.165, 1.54) is 25.7 Å². The molecule has 5 heterocycles. The maximum absolute atomic E-state index is 12.0. The quantitative estimate of drug-likeness (QED) is 0.496. The molecule has 3 saturated heterocycles. The molecule has 2 bridgehead atoms. The first-order chi connectivity index (χ1) is 16.5. The summed E-state index contributed by atoms with van der Waals surface area (Å²) in [4.78, 5) is 25.6. The smallest absolute Gasteiger partial charge is 0.229 e. The summed E-state index contributed by atoms with van der Waals surface area (Å²) in [5.74, 6) is 1.58. The highest BCUT2D eigenvalue weighted by Gasteiger charge is 2.39. The molecule has 0 radical (unpaired) electrons. The number of likely N-dealkylation sites (tertiary alicyclic amines) is 1. The van der Waals surface area contributed by atoms with Crippen molar-refractivity contribution in [2.45, 2.75) is 76.4 Å². The Bertz CT molecular complexity index is 1010. The van der Waals surface area contributed by atoms with Gasteiger partial charge in [-0.1, -0.05) is 0 Å². The highest BCUT2D eigenvalue weighted by molar-refractivity contribution is 9.10. The van der Waals surface area contributed by atoms with E-state index < -0.39 is 0 Å². The third kappa shape index (κ3) is 5.07. The van der Waals surface area contributed by atoms with Crippen LogP contribution in [0.15, 0.2) is 16.9 Å². The Morgan fingerprint density at radius 2 is 1.97 bits per heavy atom. The van der Waals surface area contributed by atoms with Crippen LogP contribution in [0.2, 0.25) is 0 Å². The lowest BCUT2D eigenvalue weighted by Crippen LogP contribution is -2.40. The molecule has 5 rings (SSSR count). The lowest BCUT2D eigenvalue weighted by atomic mass is 9.98. The van der Waals surface area contributed by atoms with Crippen molar-refractivity contribution in [3.8, 4) is 0 Å². The van der Waals surface area contributed by atoms with Crippen molar-refractivity contribution in [1.82, 2.24) is 29.5 Å². The predicted molar refractivity (Wildman–Crippen MR) is 136 cm³/mol. The number of nitrogens with zero attached hydrogens (tertiary/aromatic N) is 6. The van der Waals surface area contributed by atoms with Crippen LogP contribution in [0.4, 0.5) is 17.5 Å². The molecule has 184 valence electrons. The van der Waals surface area contributed by atoms with Gasteiger partial charge in [0.05, 0.1) is 21.9 Å². The number of carbonyl (C=O) groups excluding carboxylic acids is 1. The van der Waals surface area contributed by atoms with E-state index in [0.717, 1.165) is 60.6 Å². The van der Waals surface area contributed by atoms with Crippen LogP contribution in [0.3, 0.4) is 0 Å². The molecule has 0 aromatic carbocycles. The van der Waals surface area contributed by atoms with Crippen molar-refractivity contribution < 1.29 is 4.79 Å². The van der Waals surface area contributed by atoms with Gasteiger partial charge in [0.2, 0.25) is 11.9 Å². The standard InChI is InChI=1S/C24H35BrN8O/c1-16-21(15-33(30-16)19-12-17-7-8-18(13-19)31(17)2)28-24-27-14-20(25)23(29-24)26-9-5-11-32-10-4-3-6-22(32)34/h14-15,17-19H,3-13H2,1-2H3,(H2,26,27,28,29). The molecule has 3 aliphatic heterocycles. The van der Waals surface area contributed by atoms with Crippen LogP contribution >= 0.6 is 15.9 Å². The topological polar surface area (TPSA) is 91.2 Å². The van der Waals surface area contributed by atoms with Crippen LogP contribution in [0, 0.1) is 6.92 Å². The van der Waals surface area contributed by atoms with E-state index in [-0.39, 0.29) is 5.91 Å². The third-order valence-corrected chi connectivity index (χ3v) is 8.25. The van der Waals surface area contributed by atoms with Crippen molar-refractivity contribution in [1.29, 1.82) is 0 Å². The summed E-state index contributed by atoms with van der Waals surface area (Å²) in [5, 5.41) is 11.6. The van der Waals surface area contributed by atoms with Crippen LogP contribution in [-0.4, -0.2) is 74.2 Å². The molecule has 1 amide bonds. The number of anilines is 3. The number of aromatic nitrogens is 4. The minimum absolute atomic E-state index is 0.282. The second kappa shape index (κ2) is 10.2. The van der Waals surface area contributed by atoms with E-state index in [9.17, 15) is 4.79 Å². The lowest BCUT2D eigenvalue weighted by Gasteiger charge is -2.36. The second-order valence-corrected chi connectivity index (χ2v) is 10.8. The van der Waals surface area contributed by atoms with E-state index in [2.05, 4.69) is 59.4 Å². The van der Waals surface area contributed by atoms with E-state index in [1.807, 2.05) is 11.8 Å². The summed E-state index contributed by atoms with van der Waals surface area (Å²) < 4.78 is 2.97. The van der Waals surface area contributed by atoms with E-state index in [0.29, 0.717) is 30.5 Å². The highest BCUT2D eigenvalue weighted by Crippen LogP contribution is 2.40. The van der Waals surface area contributed by atoms with Gasteiger partial charge in [-0.25, -0.2) is 4.98 Å². The van der Waals surface area contributed by atoms with Gasteiger partial charge in [0.15, 0.2) is 0 Å². The van der Waals surface area contributed by atoms with E-state index in [1.54, 1.807) is 6.20 Å². The Hall–Kier alpha value is -2.20. The number of nitrogens with one attached hydrogen (secondary N) is 2. The normalized spacial score (nSPS) is 25.1. The minimum Gasteiger partial charge on any atom is -0.369 e. The molecular weight excluding hydrogens is 496 g/mol. The number of piperidine rings is 2. The molecule has 10 heteroatoms. The van der Waals surface area contributed by atoms with Crippen LogP contribution in [-0.2, 0) is 4.79 Å². The van der Waals surface area contributed by atoms with Crippen molar-refractivity contribution in [3.05, 3.63) is 22.6 Å². The van der Waals surface area contributed by atoms with Gasteiger partial charge in [-0.3, -0.25) is 9.48 Å². The number of halogens is 1. The second-order valence-electron chi connectivity index (χ2n) is 9.92. The van der Waals surface area contributed by atoms with Gasteiger partial charge in [-0.15, -0.1) is 0 Å².